The number of hydrogen-bond acceptors (Lipinski definition) is 3. The van der Waals surface area contributed by atoms with Crippen LogP contribution in [0.4, 0.5) is 0 Å². The highest BCUT2D eigenvalue weighted by atomic mass is 16.3. The summed E-state index contributed by atoms with van der Waals surface area (Å²) in [6, 6.07) is 0. The molecule has 2 rings (SSSR count). The third-order valence-electron chi connectivity index (χ3n) is 3.55. The molecule has 1 saturated carbocycles. The molecule has 0 bridgehead atoms. The van der Waals surface area contributed by atoms with Crippen LogP contribution in [0.15, 0.2) is 0 Å². The third kappa shape index (κ3) is 2.47. The van der Waals surface area contributed by atoms with Gasteiger partial charge in [0.25, 0.3) is 0 Å². The van der Waals surface area contributed by atoms with Gasteiger partial charge >= 0.3 is 0 Å². The Bertz CT molecular complexity index is 190. The Balaban J connectivity index is 1.83. The summed E-state index contributed by atoms with van der Waals surface area (Å²) in [5, 5.41) is 19.7. The molecule has 14 heavy (non-hydrogen) atoms. The number of hydrogen-bond donors (Lipinski definition) is 2. The summed E-state index contributed by atoms with van der Waals surface area (Å²) in [6.45, 7) is 2.47. The minimum absolute atomic E-state index is 0.165. The van der Waals surface area contributed by atoms with E-state index in [1.54, 1.807) is 0 Å². The van der Waals surface area contributed by atoms with Crippen LogP contribution >= 0.6 is 0 Å². The summed E-state index contributed by atoms with van der Waals surface area (Å²) < 4.78 is 0. The molecule has 2 fully saturated rings. The molecule has 0 aromatic carbocycles. The third-order valence-corrected chi connectivity index (χ3v) is 3.55. The predicted molar refractivity (Wildman–Crippen MR) is 55.1 cm³/mol. The lowest BCUT2D eigenvalue weighted by molar-refractivity contribution is -0.0233. The van der Waals surface area contributed by atoms with Gasteiger partial charge in [-0.2, -0.15) is 0 Å². The molecule has 2 aliphatic rings. The molecule has 1 aliphatic carbocycles. The van der Waals surface area contributed by atoms with Gasteiger partial charge in [0.2, 0.25) is 0 Å². The summed E-state index contributed by atoms with van der Waals surface area (Å²) >= 11 is 0. The maximum absolute atomic E-state index is 10.3. The fourth-order valence-corrected chi connectivity index (χ4v) is 2.74. The largest absolute Gasteiger partial charge is 0.392 e. The number of β-amino-alcohol motifs (C(OH)–C–C–N with tert-alkyl or cyclic N) is 2. The molecule has 1 saturated heterocycles. The summed E-state index contributed by atoms with van der Waals surface area (Å²) in [5.41, 5.74) is -0.456. The molecule has 0 amide bonds. The Morgan fingerprint density at radius 2 is 1.93 bits per heavy atom. The van der Waals surface area contributed by atoms with Crippen LogP contribution in [-0.4, -0.2) is 46.5 Å². The van der Waals surface area contributed by atoms with Gasteiger partial charge in [0.15, 0.2) is 0 Å². The maximum Gasteiger partial charge on any atom is 0.0774 e. The monoisotopic (exact) mass is 199 g/mol. The maximum atomic E-state index is 10.3. The molecule has 1 aliphatic heterocycles. The van der Waals surface area contributed by atoms with E-state index in [4.69, 9.17) is 0 Å². The lowest BCUT2D eigenvalue weighted by Crippen LogP contribution is -2.43. The predicted octanol–water partition coefficient (Wildman–Crippen LogP) is 0.748. The van der Waals surface area contributed by atoms with Crippen molar-refractivity contribution in [3.63, 3.8) is 0 Å². The van der Waals surface area contributed by atoms with Crippen LogP contribution < -0.4 is 0 Å². The molecular weight excluding hydrogens is 178 g/mol. The second kappa shape index (κ2) is 4.17. The first-order valence-corrected chi connectivity index (χ1v) is 5.81. The second-order valence-electron chi connectivity index (χ2n) is 4.96. The fraction of sp³-hybridized carbons (Fsp3) is 1.00. The smallest absolute Gasteiger partial charge is 0.0774 e. The van der Waals surface area contributed by atoms with E-state index in [2.05, 4.69) is 4.90 Å². The second-order valence-corrected chi connectivity index (χ2v) is 4.96. The van der Waals surface area contributed by atoms with Gasteiger partial charge in [0, 0.05) is 19.6 Å². The summed E-state index contributed by atoms with van der Waals surface area (Å²) in [4.78, 5) is 2.20. The van der Waals surface area contributed by atoms with E-state index in [0.717, 1.165) is 51.7 Å². The molecule has 82 valence electrons. The van der Waals surface area contributed by atoms with Crippen molar-refractivity contribution in [2.75, 3.05) is 19.6 Å². The summed E-state index contributed by atoms with van der Waals surface area (Å²) in [7, 11) is 0. The van der Waals surface area contributed by atoms with Gasteiger partial charge in [-0.1, -0.05) is 19.3 Å². The highest BCUT2D eigenvalue weighted by Gasteiger charge is 2.33. The van der Waals surface area contributed by atoms with Gasteiger partial charge in [-0.25, -0.2) is 0 Å². The minimum atomic E-state index is -0.456. The molecule has 3 heteroatoms. The molecule has 2 N–H and O–H groups in total. The highest BCUT2D eigenvalue weighted by molar-refractivity contribution is 4.88. The van der Waals surface area contributed by atoms with Crippen molar-refractivity contribution in [2.24, 2.45) is 0 Å². The number of nitrogens with zero attached hydrogens (tertiary/aromatic N) is 1. The average molecular weight is 199 g/mol. The lowest BCUT2D eigenvalue weighted by Gasteiger charge is -2.35. The average Bonchev–Trinajstić information content (AvgIpc) is 2.51. The van der Waals surface area contributed by atoms with E-state index in [1.807, 2.05) is 0 Å². The van der Waals surface area contributed by atoms with Crippen molar-refractivity contribution >= 4 is 0 Å². The highest BCUT2D eigenvalue weighted by Crippen LogP contribution is 2.29. The zero-order valence-corrected chi connectivity index (χ0v) is 8.78. The molecule has 0 aromatic rings. The SMILES string of the molecule is O[C@H]1CCN(CC2(O)CCCCC2)C1. The van der Waals surface area contributed by atoms with Crippen molar-refractivity contribution in [3.8, 4) is 0 Å². The fourth-order valence-electron chi connectivity index (χ4n) is 2.74. The minimum Gasteiger partial charge on any atom is -0.392 e. The summed E-state index contributed by atoms with van der Waals surface area (Å²) in [5.74, 6) is 0. The standard InChI is InChI=1S/C11H21NO2/c13-10-4-7-12(8-10)9-11(14)5-2-1-3-6-11/h10,13-14H,1-9H2/t10-/m0/s1. The van der Waals surface area contributed by atoms with Gasteiger partial charge < -0.3 is 10.2 Å². The number of likely N-dealkylation sites (tertiary alicyclic amines) is 1. The molecule has 0 radical (unpaired) electrons. The Morgan fingerprint density at radius 3 is 2.50 bits per heavy atom. The van der Waals surface area contributed by atoms with Gasteiger partial charge in [-0.15, -0.1) is 0 Å². The summed E-state index contributed by atoms with van der Waals surface area (Å²) in [6.07, 6.45) is 6.18. The van der Waals surface area contributed by atoms with E-state index in [-0.39, 0.29) is 6.10 Å². The Kier molecular flexibility index (Phi) is 3.10. The number of aliphatic hydroxyl groups is 2. The first-order valence-electron chi connectivity index (χ1n) is 5.81. The van der Waals surface area contributed by atoms with Gasteiger partial charge in [-0.3, -0.25) is 4.90 Å². The number of aliphatic hydroxyl groups excluding tert-OH is 1. The first-order chi connectivity index (χ1) is 6.68. The van der Waals surface area contributed by atoms with Crippen LogP contribution in [0.2, 0.25) is 0 Å². The molecule has 0 unspecified atom stereocenters. The normalized spacial score (nSPS) is 33.4. The Hall–Kier alpha value is -0.120. The van der Waals surface area contributed by atoms with E-state index >= 15 is 0 Å². The zero-order valence-electron chi connectivity index (χ0n) is 8.78. The van der Waals surface area contributed by atoms with Crippen LogP contribution in [0.3, 0.4) is 0 Å². The van der Waals surface area contributed by atoms with E-state index in [9.17, 15) is 10.2 Å². The molecule has 1 atom stereocenters. The number of rotatable bonds is 2. The molecule has 0 aromatic heterocycles. The van der Waals surface area contributed by atoms with Crippen molar-refractivity contribution in [1.29, 1.82) is 0 Å². The first kappa shape index (κ1) is 10.4. The van der Waals surface area contributed by atoms with Crippen molar-refractivity contribution in [1.82, 2.24) is 4.90 Å². The topological polar surface area (TPSA) is 43.7 Å². The molecular formula is C11H21NO2. The van der Waals surface area contributed by atoms with Gasteiger partial charge in [0.05, 0.1) is 11.7 Å². The van der Waals surface area contributed by atoms with Crippen molar-refractivity contribution in [2.45, 2.75) is 50.2 Å². The van der Waals surface area contributed by atoms with Crippen molar-refractivity contribution in [3.05, 3.63) is 0 Å². The lowest BCUT2D eigenvalue weighted by atomic mass is 9.84. The van der Waals surface area contributed by atoms with E-state index < -0.39 is 5.60 Å². The quantitative estimate of drug-likeness (QED) is 0.689. The van der Waals surface area contributed by atoms with Crippen LogP contribution in [0.25, 0.3) is 0 Å². The van der Waals surface area contributed by atoms with Crippen molar-refractivity contribution < 1.29 is 10.2 Å². The van der Waals surface area contributed by atoms with Crippen LogP contribution in [0.1, 0.15) is 38.5 Å². The zero-order chi connectivity index (χ0) is 10.0. The van der Waals surface area contributed by atoms with Gasteiger partial charge in [0.1, 0.15) is 0 Å². The van der Waals surface area contributed by atoms with Crippen LogP contribution in [0, 0.1) is 0 Å². The Morgan fingerprint density at radius 1 is 1.21 bits per heavy atom. The van der Waals surface area contributed by atoms with Crippen LogP contribution in [-0.2, 0) is 0 Å². The molecule has 3 nitrogen and oxygen atoms in total. The van der Waals surface area contributed by atoms with E-state index in [1.165, 1.54) is 6.42 Å². The van der Waals surface area contributed by atoms with E-state index in [0.29, 0.717) is 0 Å². The molecule has 1 heterocycles. The Labute approximate surface area is 85.7 Å². The van der Waals surface area contributed by atoms with Crippen LogP contribution in [0.5, 0.6) is 0 Å². The van der Waals surface area contributed by atoms with Gasteiger partial charge in [-0.05, 0) is 19.3 Å². The molecule has 0 spiro atoms.